The molecular weight excluding hydrogens is 446 g/mol. The lowest BCUT2D eigenvalue weighted by atomic mass is 9.89. The van der Waals surface area contributed by atoms with Crippen LogP contribution in [0.4, 0.5) is 0 Å². The molecule has 0 saturated heterocycles. The average molecular weight is 460 g/mol. The van der Waals surface area contributed by atoms with Crippen molar-refractivity contribution in [2.24, 2.45) is 5.92 Å². The Morgan fingerprint density at radius 3 is 2.72 bits per heavy atom. The molecule has 1 N–H and O–H groups in total. The van der Waals surface area contributed by atoms with Crippen molar-refractivity contribution in [2.45, 2.75) is 30.5 Å². The van der Waals surface area contributed by atoms with Crippen molar-refractivity contribution in [3.05, 3.63) is 19.2 Å². The van der Waals surface area contributed by atoms with Gasteiger partial charge in [-0.25, -0.2) is 0 Å². The fraction of sp³-hybridized carbons (Fsp3) is 0.583. The second-order valence-electron chi connectivity index (χ2n) is 4.50. The van der Waals surface area contributed by atoms with Gasteiger partial charge in [0.05, 0.1) is 8.66 Å². The third-order valence-corrected chi connectivity index (χ3v) is 7.67. The van der Waals surface area contributed by atoms with E-state index >= 15 is 0 Å². The van der Waals surface area contributed by atoms with Crippen LogP contribution in [-0.4, -0.2) is 17.3 Å². The fourth-order valence-electron chi connectivity index (χ4n) is 2.16. The molecule has 0 aromatic carbocycles. The Morgan fingerprint density at radius 1 is 1.39 bits per heavy atom. The van der Waals surface area contributed by atoms with E-state index in [9.17, 15) is 4.79 Å². The largest absolute Gasteiger partial charge is 0.351 e. The summed E-state index contributed by atoms with van der Waals surface area (Å²) >= 11 is 12.0. The van der Waals surface area contributed by atoms with Crippen LogP contribution in [0.3, 0.4) is 0 Å². The summed E-state index contributed by atoms with van der Waals surface area (Å²) in [6.07, 6.45) is 4.99. The van der Waals surface area contributed by atoms with Crippen LogP contribution in [0.25, 0.3) is 0 Å². The highest BCUT2D eigenvalue weighted by atomic mass is 79.9. The van der Waals surface area contributed by atoms with Gasteiger partial charge in [-0.05, 0) is 56.7 Å². The van der Waals surface area contributed by atoms with E-state index in [0.29, 0.717) is 10.7 Å². The monoisotopic (exact) mass is 457 g/mol. The Kier molecular flexibility index (Phi) is 5.72. The first kappa shape index (κ1) is 15.0. The molecule has 18 heavy (non-hydrogen) atoms. The van der Waals surface area contributed by atoms with Crippen molar-refractivity contribution in [1.29, 1.82) is 0 Å². The van der Waals surface area contributed by atoms with Gasteiger partial charge in [-0.3, -0.25) is 4.79 Å². The minimum Gasteiger partial charge on any atom is -0.351 e. The zero-order valence-electron chi connectivity index (χ0n) is 9.72. The van der Waals surface area contributed by atoms with Crippen LogP contribution in [-0.2, 0) is 0 Å². The first-order chi connectivity index (χ1) is 8.58. The standard InChI is InChI=1S/C12H14Br3NOS/c13-8-4-2-1-3-7(8)6-16-12(17)10-5-9(14)11(15)18-10/h5,7-8H,1-4,6H2,(H,16,17). The van der Waals surface area contributed by atoms with E-state index in [4.69, 9.17) is 0 Å². The number of carbonyl (C=O) groups is 1. The molecule has 0 bridgehead atoms. The molecule has 0 radical (unpaired) electrons. The topological polar surface area (TPSA) is 29.1 Å². The van der Waals surface area contributed by atoms with Gasteiger partial charge in [-0.1, -0.05) is 28.8 Å². The van der Waals surface area contributed by atoms with Crippen molar-refractivity contribution in [3.8, 4) is 0 Å². The number of amides is 1. The van der Waals surface area contributed by atoms with Crippen LogP contribution < -0.4 is 5.32 Å². The minimum atomic E-state index is 0.0247. The van der Waals surface area contributed by atoms with Gasteiger partial charge in [0.1, 0.15) is 0 Å². The second kappa shape index (κ2) is 6.86. The fourth-order valence-corrected chi connectivity index (χ4v) is 4.89. The Bertz CT molecular complexity index is 415. The molecule has 1 fully saturated rings. The predicted molar refractivity (Wildman–Crippen MR) is 86.7 cm³/mol. The molecule has 6 heteroatoms. The maximum absolute atomic E-state index is 12.0. The van der Waals surface area contributed by atoms with Crippen molar-refractivity contribution >= 4 is 65.0 Å². The summed E-state index contributed by atoms with van der Waals surface area (Å²) in [7, 11) is 0. The van der Waals surface area contributed by atoms with Gasteiger partial charge in [0.2, 0.25) is 0 Å². The summed E-state index contributed by atoms with van der Waals surface area (Å²) in [5, 5.41) is 3.04. The number of hydrogen-bond acceptors (Lipinski definition) is 2. The molecule has 2 unspecified atom stereocenters. The smallest absolute Gasteiger partial charge is 0.261 e. The number of alkyl halides is 1. The number of rotatable bonds is 3. The molecule has 100 valence electrons. The molecule has 1 aromatic rings. The highest BCUT2D eigenvalue weighted by Gasteiger charge is 2.23. The van der Waals surface area contributed by atoms with E-state index in [2.05, 4.69) is 53.1 Å². The summed E-state index contributed by atoms with van der Waals surface area (Å²) in [5.74, 6) is 0.589. The molecule has 1 aliphatic carbocycles. The maximum atomic E-state index is 12.0. The van der Waals surface area contributed by atoms with E-state index in [0.717, 1.165) is 19.7 Å². The van der Waals surface area contributed by atoms with Crippen LogP contribution in [0.1, 0.15) is 35.4 Å². The summed E-state index contributed by atoms with van der Waals surface area (Å²) in [4.78, 5) is 13.3. The molecule has 1 aliphatic rings. The number of carbonyl (C=O) groups excluding carboxylic acids is 1. The third-order valence-electron chi connectivity index (χ3n) is 3.21. The normalized spacial score (nSPS) is 23.9. The van der Waals surface area contributed by atoms with Crippen molar-refractivity contribution < 1.29 is 4.79 Å². The molecule has 1 aromatic heterocycles. The molecule has 1 saturated carbocycles. The number of halogens is 3. The van der Waals surface area contributed by atoms with Crippen molar-refractivity contribution in [2.75, 3.05) is 6.54 Å². The van der Waals surface area contributed by atoms with Crippen molar-refractivity contribution in [3.63, 3.8) is 0 Å². The Labute approximate surface area is 136 Å². The van der Waals surface area contributed by atoms with Gasteiger partial charge in [-0.15, -0.1) is 11.3 Å². The van der Waals surface area contributed by atoms with Gasteiger partial charge >= 0.3 is 0 Å². The van der Waals surface area contributed by atoms with E-state index in [-0.39, 0.29) is 5.91 Å². The van der Waals surface area contributed by atoms with E-state index < -0.39 is 0 Å². The van der Waals surface area contributed by atoms with Gasteiger partial charge in [0.25, 0.3) is 5.91 Å². The summed E-state index contributed by atoms with van der Waals surface area (Å²) in [6.45, 7) is 0.766. The van der Waals surface area contributed by atoms with Crippen LogP contribution in [0.15, 0.2) is 14.3 Å². The quantitative estimate of drug-likeness (QED) is 0.636. The second-order valence-corrected chi connectivity index (χ2v) is 8.90. The predicted octanol–water partition coefficient (Wildman–Crippen LogP) is 4.96. The first-order valence-electron chi connectivity index (χ1n) is 5.95. The van der Waals surface area contributed by atoms with Crippen LogP contribution in [0, 0.1) is 5.92 Å². The zero-order valence-corrected chi connectivity index (χ0v) is 15.3. The summed E-state index contributed by atoms with van der Waals surface area (Å²) in [5.41, 5.74) is 0. The highest BCUT2D eigenvalue weighted by molar-refractivity contribution is 9.13. The van der Waals surface area contributed by atoms with E-state index in [1.807, 2.05) is 6.07 Å². The van der Waals surface area contributed by atoms with Gasteiger partial charge in [0, 0.05) is 15.8 Å². The Hall–Kier alpha value is 0.610. The van der Waals surface area contributed by atoms with Crippen molar-refractivity contribution in [1.82, 2.24) is 5.32 Å². The summed E-state index contributed by atoms with van der Waals surface area (Å²) < 4.78 is 1.90. The summed E-state index contributed by atoms with van der Waals surface area (Å²) in [6, 6.07) is 1.86. The molecule has 1 heterocycles. The minimum absolute atomic E-state index is 0.0247. The average Bonchev–Trinajstić information content (AvgIpc) is 2.68. The number of thiophene rings is 1. The van der Waals surface area contributed by atoms with E-state index in [1.165, 1.54) is 37.0 Å². The lowest BCUT2D eigenvalue weighted by Gasteiger charge is -2.27. The SMILES string of the molecule is O=C(NCC1CCCCC1Br)c1cc(Br)c(Br)s1. The molecule has 0 aliphatic heterocycles. The maximum Gasteiger partial charge on any atom is 0.261 e. The number of hydrogen-bond donors (Lipinski definition) is 1. The lowest BCUT2D eigenvalue weighted by Crippen LogP contribution is -2.34. The van der Waals surface area contributed by atoms with Gasteiger partial charge < -0.3 is 5.32 Å². The lowest BCUT2D eigenvalue weighted by molar-refractivity contribution is 0.0948. The zero-order chi connectivity index (χ0) is 13.1. The Morgan fingerprint density at radius 2 is 2.11 bits per heavy atom. The van der Waals surface area contributed by atoms with Crippen LogP contribution >= 0.6 is 59.1 Å². The molecule has 2 rings (SSSR count). The van der Waals surface area contributed by atoms with Crippen LogP contribution in [0.5, 0.6) is 0 Å². The van der Waals surface area contributed by atoms with Gasteiger partial charge in [0.15, 0.2) is 0 Å². The third kappa shape index (κ3) is 3.81. The van der Waals surface area contributed by atoms with E-state index in [1.54, 1.807) is 0 Å². The number of nitrogens with one attached hydrogen (secondary N) is 1. The molecule has 0 spiro atoms. The Balaban J connectivity index is 1.88. The molecule has 2 atom stereocenters. The molecular formula is C12H14Br3NOS. The highest BCUT2D eigenvalue weighted by Crippen LogP contribution is 2.33. The van der Waals surface area contributed by atoms with Crippen LogP contribution in [0.2, 0.25) is 0 Å². The molecule has 2 nitrogen and oxygen atoms in total. The van der Waals surface area contributed by atoms with Gasteiger partial charge in [-0.2, -0.15) is 0 Å². The first-order valence-corrected chi connectivity index (χ1v) is 9.27. The molecule has 1 amide bonds.